The summed E-state index contributed by atoms with van der Waals surface area (Å²) in [6.45, 7) is 2.57. The van der Waals surface area contributed by atoms with Gasteiger partial charge in [-0.3, -0.25) is 9.59 Å². The molecule has 0 fully saturated rings. The smallest absolute Gasteiger partial charge is 0.309 e. The van der Waals surface area contributed by atoms with Crippen LogP contribution in [0.5, 0.6) is 11.5 Å². The number of rotatable bonds is 6. The fourth-order valence-corrected chi connectivity index (χ4v) is 1.68. The molecular weight excluding hydrogens is 260 g/mol. The number of hydrogen-bond acceptors (Lipinski definition) is 4. The van der Waals surface area contributed by atoms with Crippen LogP contribution in [0.2, 0.25) is 0 Å². The maximum absolute atomic E-state index is 11.4. The maximum Gasteiger partial charge on any atom is 0.309 e. The van der Waals surface area contributed by atoms with E-state index in [0.29, 0.717) is 31.0 Å². The Morgan fingerprint density at radius 2 is 1.70 bits per heavy atom. The summed E-state index contributed by atoms with van der Waals surface area (Å²) in [7, 11) is 3.14. The van der Waals surface area contributed by atoms with Crippen LogP contribution in [0, 0.1) is 0 Å². The van der Waals surface area contributed by atoms with Crippen molar-refractivity contribution < 1.29 is 19.1 Å². The van der Waals surface area contributed by atoms with Gasteiger partial charge in [-0.25, -0.2) is 0 Å². The SMILES string of the molecule is CCNC(=O)C(=O)NCCc1ccc(OC)c(OC)c1. The molecule has 0 aromatic heterocycles. The lowest BCUT2D eigenvalue weighted by Gasteiger charge is -2.10. The maximum atomic E-state index is 11.4. The van der Waals surface area contributed by atoms with Gasteiger partial charge in [0.1, 0.15) is 0 Å². The van der Waals surface area contributed by atoms with Crippen LogP contribution in [0.25, 0.3) is 0 Å². The van der Waals surface area contributed by atoms with Crippen LogP contribution in [0.1, 0.15) is 12.5 Å². The molecule has 0 atom stereocenters. The number of methoxy groups -OCH3 is 2. The first-order chi connectivity index (χ1) is 9.62. The molecule has 2 N–H and O–H groups in total. The predicted molar refractivity (Wildman–Crippen MR) is 74.9 cm³/mol. The minimum absolute atomic E-state index is 0.380. The van der Waals surface area contributed by atoms with Crippen molar-refractivity contribution in [3.8, 4) is 11.5 Å². The third kappa shape index (κ3) is 4.46. The molecule has 0 aliphatic carbocycles. The second kappa shape index (κ2) is 8.04. The lowest BCUT2D eigenvalue weighted by Crippen LogP contribution is -2.40. The summed E-state index contributed by atoms with van der Waals surface area (Å²) in [6.07, 6.45) is 0.603. The van der Waals surface area contributed by atoms with Crippen molar-refractivity contribution in [2.75, 3.05) is 27.3 Å². The molecule has 1 rings (SSSR count). The largest absolute Gasteiger partial charge is 0.493 e. The summed E-state index contributed by atoms with van der Waals surface area (Å²) in [5, 5.41) is 5.00. The van der Waals surface area contributed by atoms with E-state index in [4.69, 9.17) is 9.47 Å². The predicted octanol–water partition coefficient (Wildman–Crippen LogP) is 0.499. The fourth-order valence-electron chi connectivity index (χ4n) is 1.68. The number of carbonyl (C=O) groups is 2. The minimum atomic E-state index is -0.618. The second-order valence-electron chi connectivity index (χ2n) is 4.05. The molecule has 1 aromatic rings. The second-order valence-corrected chi connectivity index (χ2v) is 4.05. The lowest BCUT2D eigenvalue weighted by atomic mass is 10.1. The van der Waals surface area contributed by atoms with Gasteiger partial charge >= 0.3 is 11.8 Å². The van der Waals surface area contributed by atoms with Gasteiger partial charge in [0.2, 0.25) is 0 Å². The fraction of sp³-hybridized carbons (Fsp3) is 0.429. The third-order valence-electron chi connectivity index (χ3n) is 2.69. The van der Waals surface area contributed by atoms with Gasteiger partial charge < -0.3 is 20.1 Å². The van der Waals surface area contributed by atoms with Crippen molar-refractivity contribution in [3.05, 3.63) is 23.8 Å². The van der Waals surface area contributed by atoms with Gasteiger partial charge in [0.05, 0.1) is 14.2 Å². The van der Waals surface area contributed by atoms with E-state index >= 15 is 0 Å². The number of carbonyl (C=O) groups excluding carboxylic acids is 2. The van der Waals surface area contributed by atoms with E-state index in [9.17, 15) is 9.59 Å². The van der Waals surface area contributed by atoms with Crippen LogP contribution < -0.4 is 20.1 Å². The Labute approximate surface area is 118 Å². The summed E-state index contributed by atoms with van der Waals surface area (Å²) >= 11 is 0. The molecule has 0 heterocycles. The molecule has 0 unspecified atom stereocenters. The highest BCUT2D eigenvalue weighted by molar-refractivity contribution is 6.35. The van der Waals surface area contributed by atoms with Crippen LogP contribution in [0.3, 0.4) is 0 Å². The van der Waals surface area contributed by atoms with Crippen molar-refractivity contribution in [1.29, 1.82) is 0 Å². The Bertz CT molecular complexity index is 474. The molecule has 110 valence electrons. The number of hydrogen-bond donors (Lipinski definition) is 2. The Morgan fingerprint density at radius 3 is 2.30 bits per heavy atom. The van der Waals surface area contributed by atoms with Crippen molar-refractivity contribution in [1.82, 2.24) is 10.6 Å². The van der Waals surface area contributed by atoms with E-state index in [0.717, 1.165) is 5.56 Å². The summed E-state index contributed by atoms with van der Waals surface area (Å²) in [5.41, 5.74) is 0.985. The number of nitrogens with one attached hydrogen (secondary N) is 2. The average molecular weight is 280 g/mol. The molecule has 0 saturated heterocycles. The highest BCUT2D eigenvalue weighted by Gasteiger charge is 2.11. The van der Waals surface area contributed by atoms with Crippen molar-refractivity contribution >= 4 is 11.8 Å². The molecule has 1 aromatic carbocycles. The number of amides is 2. The van der Waals surface area contributed by atoms with Crippen LogP contribution >= 0.6 is 0 Å². The molecule has 0 aliphatic heterocycles. The number of ether oxygens (including phenoxy) is 2. The zero-order valence-electron chi connectivity index (χ0n) is 12.0. The standard InChI is InChI=1S/C14H20N2O4/c1-4-15-13(17)14(18)16-8-7-10-5-6-11(19-2)12(9-10)20-3/h5-6,9H,4,7-8H2,1-3H3,(H,15,17)(H,16,18). The van der Waals surface area contributed by atoms with E-state index in [1.807, 2.05) is 12.1 Å². The van der Waals surface area contributed by atoms with Crippen molar-refractivity contribution in [2.45, 2.75) is 13.3 Å². The zero-order valence-corrected chi connectivity index (χ0v) is 12.0. The highest BCUT2D eigenvalue weighted by atomic mass is 16.5. The van der Waals surface area contributed by atoms with Crippen molar-refractivity contribution in [2.24, 2.45) is 0 Å². The van der Waals surface area contributed by atoms with Gasteiger partial charge in [0, 0.05) is 13.1 Å². The first-order valence-corrected chi connectivity index (χ1v) is 6.39. The van der Waals surface area contributed by atoms with E-state index < -0.39 is 11.8 Å². The quantitative estimate of drug-likeness (QED) is 0.744. The molecule has 2 amide bonds. The Kier molecular flexibility index (Phi) is 6.36. The Balaban J connectivity index is 2.50. The van der Waals surface area contributed by atoms with E-state index in [-0.39, 0.29) is 0 Å². The Morgan fingerprint density at radius 1 is 1.05 bits per heavy atom. The van der Waals surface area contributed by atoms with Gasteiger partial charge in [-0.05, 0) is 31.0 Å². The highest BCUT2D eigenvalue weighted by Crippen LogP contribution is 2.27. The lowest BCUT2D eigenvalue weighted by molar-refractivity contribution is -0.139. The number of likely N-dealkylation sites (N-methyl/N-ethyl adjacent to an activating group) is 1. The molecular formula is C14H20N2O4. The van der Waals surface area contributed by atoms with E-state index in [1.165, 1.54) is 0 Å². The topological polar surface area (TPSA) is 76.7 Å². The normalized spacial score (nSPS) is 9.75. The summed E-state index contributed by atoms with van der Waals surface area (Å²) in [4.78, 5) is 22.6. The Hall–Kier alpha value is -2.24. The molecule has 0 radical (unpaired) electrons. The molecule has 0 spiro atoms. The summed E-state index contributed by atoms with van der Waals surface area (Å²) in [5.74, 6) is 0.0646. The van der Waals surface area contributed by atoms with Gasteiger partial charge in [-0.15, -0.1) is 0 Å². The molecule has 0 aliphatic rings. The average Bonchev–Trinajstić information content (AvgIpc) is 2.47. The van der Waals surface area contributed by atoms with Crippen LogP contribution in [0.4, 0.5) is 0 Å². The molecule has 6 heteroatoms. The van der Waals surface area contributed by atoms with Gasteiger partial charge in [0.15, 0.2) is 11.5 Å². The summed E-state index contributed by atoms with van der Waals surface area (Å²) in [6, 6.07) is 5.54. The summed E-state index contributed by atoms with van der Waals surface area (Å²) < 4.78 is 10.3. The van der Waals surface area contributed by atoms with Crippen LogP contribution in [-0.4, -0.2) is 39.1 Å². The molecule has 0 bridgehead atoms. The van der Waals surface area contributed by atoms with Gasteiger partial charge in [-0.1, -0.05) is 6.07 Å². The first kappa shape index (κ1) is 15.8. The van der Waals surface area contributed by atoms with E-state index in [1.54, 1.807) is 27.2 Å². The third-order valence-corrected chi connectivity index (χ3v) is 2.69. The van der Waals surface area contributed by atoms with E-state index in [2.05, 4.69) is 10.6 Å². The molecule has 20 heavy (non-hydrogen) atoms. The minimum Gasteiger partial charge on any atom is -0.493 e. The number of benzene rings is 1. The van der Waals surface area contributed by atoms with Gasteiger partial charge in [-0.2, -0.15) is 0 Å². The molecule has 6 nitrogen and oxygen atoms in total. The monoisotopic (exact) mass is 280 g/mol. The van der Waals surface area contributed by atoms with Crippen LogP contribution in [-0.2, 0) is 16.0 Å². The van der Waals surface area contributed by atoms with Crippen LogP contribution in [0.15, 0.2) is 18.2 Å². The van der Waals surface area contributed by atoms with Crippen molar-refractivity contribution in [3.63, 3.8) is 0 Å². The molecule has 0 saturated carbocycles. The zero-order chi connectivity index (χ0) is 15.0. The van der Waals surface area contributed by atoms with Gasteiger partial charge in [0.25, 0.3) is 0 Å². The first-order valence-electron chi connectivity index (χ1n) is 6.39.